The van der Waals surface area contributed by atoms with Gasteiger partial charge in [-0.2, -0.15) is 5.10 Å². The van der Waals surface area contributed by atoms with Gasteiger partial charge in [-0.3, -0.25) is 4.68 Å². The fraction of sp³-hybridized carbons (Fsp3) is 0.250. The minimum atomic E-state index is -3.67. The predicted octanol–water partition coefficient (Wildman–Crippen LogP) is 1.44. The summed E-state index contributed by atoms with van der Waals surface area (Å²) in [5.41, 5.74) is 7.50. The highest BCUT2D eigenvalue weighted by molar-refractivity contribution is 7.89. The van der Waals surface area contributed by atoms with Crippen molar-refractivity contribution < 1.29 is 8.42 Å². The van der Waals surface area contributed by atoms with Crippen LogP contribution in [0.25, 0.3) is 0 Å². The Morgan fingerprint density at radius 1 is 1.45 bits per heavy atom. The standard InChI is InChI=1S/C12H15ClN4O2S/c1-8-11(13)5-10(6-12(8)14)20(18,19)16-7-9-3-4-15-17(9)2/h3-6,16H,7,14H2,1-2H3. The van der Waals surface area contributed by atoms with Gasteiger partial charge in [-0.05, 0) is 30.7 Å². The third kappa shape index (κ3) is 2.95. The van der Waals surface area contributed by atoms with Crippen LogP contribution in [0.2, 0.25) is 5.02 Å². The maximum Gasteiger partial charge on any atom is 0.241 e. The first-order valence-corrected chi connectivity index (χ1v) is 7.69. The molecule has 3 N–H and O–H groups in total. The van der Waals surface area contributed by atoms with Crippen LogP contribution in [-0.2, 0) is 23.6 Å². The Hall–Kier alpha value is -1.57. The number of aromatic nitrogens is 2. The van der Waals surface area contributed by atoms with E-state index in [2.05, 4.69) is 9.82 Å². The number of nitrogens with two attached hydrogens (primary N) is 1. The molecule has 2 rings (SSSR count). The van der Waals surface area contributed by atoms with Crippen molar-refractivity contribution in [2.75, 3.05) is 5.73 Å². The number of halogens is 1. The van der Waals surface area contributed by atoms with Crippen molar-refractivity contribution in [1.29, 1.82) is 0 Å². The van der Waals surface area contributed by atoms with Crippen molar-refractivity contribution in [2.24, 2.45) is 7.05 Å². The molecule has 0 fully saturated rings. The molecule has 0 unspecified atom stereocenters. The monoisotopic (exact) mass is 314 g/mol. The van der Waals surface area contributed by atoms with E-state index in [1.807, 2.05) is 0 Å². The molecular formula is C12H15ClN4O2S. The molecule has 0 aliphatic carbocycles. The molecule has 8 heteroatoms. The van der Waals surface area contributed by atoms with Crippen LogP contribution < -0.4 is 10.5 Å². The van der Waals surface area contributed by atoms with Crippen molar-refractivity contribution >= 4 is 27.3 Å². The van der Waals surface area contributed by atoms with Gasteiger partial charge in [-0.25, -0.2) is 13.1 Å². The molecule has 1 aromatic carbocycles. The summed E-state index contributed by atoms with van der Waals surface area (Å²) in [7, 11) is -1.93. The molecule has 1 heterocycles. The van der Waals surface area contributed by atoms with Gasteiger partial charge < -0.3 is 5.73 Å². The summed E-state index contributed by atoms with van der Waals surface area (Å²) in [6, 6.07) is 4.52. The Labute approximate surface area is 122 Å². The van der Waals surface area contributed by atoms with Crippen LogP contribution in [0.1, 0.15) is 11.3 Å². The topological polar surface area (TPSA) is 90.0 Å². The van der Waals surface area contributed by atoms with Crippen LogP contribution in [0.5, 0.6) is 0 Å². The van der Waals surface area contributed by atoms with Gasteiger partial charge in [0.2, 0.25) is 10.0 Å². The molecule has 0 radical (unpaired) electrons. The van der Waals surface area contributed by atoms with Gasteiger partial charge >= 0.3 is 0 Å². The zero-order valence-corrected chi connectivity index (χ0v) is 12.7. The van der Waals surface area contributed by atoms with Gasteiger partial charge in [0.15, 0.2) is 0 Å². The molecule has 0 aliphatic rings. The van der Waals surface area contributed by atoms with Crippen molar-refractivity contribution in [3.63, 3.8) is 0 Å². The maximum atomic E-state index is 12.2. The molecule has 108 valence electrons. The molecule has 0 spiro atoms. The van der Waals surface area contributed by atoms with Gasteiger partial charge in [0.05, 0.1) is 17.1 Å². The zero-order chi connectivity index (χ0) is 14.9. The number of nitrogens with one attached hydrogen (secondary N) is 1. The predicted molar refractivity (Wildman–Crippen MR) is 77.8 cm³/mol. The normalized spacial score (nSPS) is 11.8. The molecule has 0 atom stereocenters. The number of nitrogen functional groups attached to an aromatic ring is 1. The van der Waals surface area contributed by atoms with Crippen molar-refractivity contribution in [1.82, 2.24) is 14.5 Å². The second-order valence-electron chi connectivity index (χ2n) is 4.39. The minimum absolute atomic E-state index is 0.0489. The van der Waals surface area contributed by atoms with Crippen LogP contribution in [0.4, 0.5) is 5.69 Å². The number of rotatable bonds is 4. The van der Waals surface area contributed by atoms with E-state index in [4.69, 9.17) is 17.3 Å². The summed E-state index contributed by atoms with van der Waals surface area (Å²) >= 11 is 5.96. The number of hydrogen-bond acceptors (Lipinski definition) is 4. The van der Waals surface area contributed by atoms with Crippen LogP contribution in [-0.4, -0.2) is 18.2 Å². The van der Waals surface area contributed by atoms with Gasteiger partial charge in [-0.15, -0.1) is 0 Å². The summed E-state index contributed by atoms with van der Waals surface area (Å²) in [4.78, 5) is 0.0489. The molecule has 0 amide bonds. The largest absolute Gasteiger partial charge is 0.398 e. The third-order valence-electron chi connectivity index (χ3n) is 3.03. The van der Waals surface area contributed by atoms with E-state index in [1.165, 1.54) is 12.1 Å². The second-order valence-corrected chi connectivity index (χ2v) is 6.56. The van der Waals surface area contributed by atoms with E-state index in [-0.39, 0.29) is 11.4 Å². The van der Waals surface area contributed by atoms with Crippen molar-refractivity contribution in [3.05, 3.63) is 40.7 Å². The lowest BCUT2D eigenvalue weighted by Crippen LogP contribution is -2.24. The number of sulfonamides is 1. The SMILES string of the molecule is Cc1c(N)cc(S(=O)(=O)NCc2ccnn2C)cc1Cl. The van der Waals surface area contributed by atoms with E-state index in [1.54, 1.807) is 30.9 Å². The highest BCUT2D eigenvalue weighted by atomic mass is 35.5. The summed E-state index contributed by atoms with van der Waals surface area (Å²) < 4.78 is 28.5. The lowest BCUT2D eigenvalue weighted by atomic mass is 10.2. The highest BCUT2D eigenvalue weighted by Gasteiger charge is 2.17. The van der Waals surface area contributed by atoms with Crippen LogP contribution in [0.3, 0.4) is 0 Å². The Morgan fingerprint density at radius 2 is 2.15 bits per heavy atom. The first-order chi connectivity index (χ1) is 9.31. The van der Waals surface area contributed by atoms with E-state index in [9.17, 15) is 8.42 Å². The molecular weight excluding hydrogens is 300 g/mol. The average molecular weight is 315 g/mol. The summed E-state index contributed by atoms with van der Waals surface area (Å²) in [5, 5.41) is 4.30. The highest BCUT2D eigenvalue weighted by Crippen LogP contribution is 2.25. The maximum absolute atomic E-state index is 12.2. The van der Waals surface area contributed by atoms with Crippen molar-refractivity contribution in [2.45, 2.75) is 18.4 Å². The summed E-state index contributed by atoms with van der Waals surface area (Å²) in [5.74, 6) is 0. The zero-order valence-electron chi connectivity index (χ0n) is 11.1. The molecule has 0 saturated carbocycles. The van der Waals surface area contributed by atoms with Gasteiger partial charge in [-0.1, -0.05) is 11.6 Å². The van der Waals surface area contributed by atoms with E-state index < -0.39 is 10.0 Å². The Kier molecular flexibility index (Phi) is 4.03. The molecule has 0 aliphatic heterocycles. The number of nitrogens with zero attached hydrogens (tertiary/aromatic N) is 2. The number of benzene rings is 1. The van der Waals surface area contributed by atoms with Gasteiger partial charge in [0.1, 0.15) is 0 Å². The Balaban J connectivity index is 2.25. The molecule has 20 heavy (non-hydrogen) atoms. The number of anilines is 1. The number of aryl methyl sites for hydroxylation is 1. The average Bonchev–Trinajstić information content (AvgIpc) is 2.78. The quantitative estimate of drug-likeness (QED) is 0.836. The van der Waals surface area contributed by atoms with E-state index >= 15 is 0 Å². The van der Waals surface area contributed by atoms with Gasteiger partial charge in [0, 0.05) is 24.0 Å². The molecule has 1 aromatic heterocycles. The Morgan fingerprint density at radius 3 is 2.70 bits per heavy atom. The lowest BCUT2D eigenvalue weighted by molar-refractivity contribution is 0.577. The lowest BCUT2D eigenvalue weighted by Gasteiger charge is -2.10. The van der Waals surface area contributed by atoms with Crippen LogP contribution in [0, 0.1) is 6.92 Å². The number of hydrogen-bond donors (Lipinski definition) is 2. The Bertz CT molecular complexity index is 717. The molecule has 0 saturated heterocycles. The van der Waals surface area contributed by atoms with Crippen LogP contribution in [0.15, 0.2) is 29.3 Å². The first kappa shape index (κ1) is 14.8. The summed E-state index contributed by atoms with van der Waals surface area (Å²) in [6.45, 7) is 1.88. The minimum Gasteiger partial charge on any atom is -0.398 e. The molecule has 6 nitrogen and oxygen atoms in total. The second kappa shape index (κ2) is 5.43. The third-order valence-corrected chi connectivity index (χ3v) is 4.81. The smallest absolute Gasteiger partial charge is 0.241 e. The van der Waals surface area contributed by atoms with Crippen LogP contribution >= 0.6 is 11.6 Å². The van der Waals surface area contributed by atoms with Crippen molar-refractivity contribution in [3.8, 4) is 0 Å². The molecule has 0 bridgehead atoms. The first-order valence-electron chi connectivity index (χ1n) is 5.83. The fourth-order valence-electron chi connectivity index (χ4n) is 1.66. The summed E-state index contributed by atoms with van der Waals surface area (Å²) in [6.07, 6.45) is 1.60. The van der Waals surface area contributed by atoms with E-state index in [0.29, 0.717) is 16.3 Å². The molecule has 2 aromatic rings. The van der Waals surface area contributed by atoms with E-state index in [0.717, 1.165) is 5.69 Å². The fourth-order valence-corrected chi connectivity index (χ4v) is 3.01. The van der Waals surface area contributed by atoms with Gasteiger partial charge in [0.25, 0.3) is 0 Å².